The molecule has 2 aromatic heterocycles. The Kier molecular flexibility index (Phi) is 6.40. The fourth-order valence-corrected chi connectivity index (χ4v) is 7.50. The second kappa shape index (κ2) is 11.3. The molecular formula is C47H31NO2. The van der Waals surface area contributed by atoms with E-state index in [0.717, 1.165) is 83.0 Å². The maximum absolute atomic E-state index is 6.91. The summed E-state index contributed by atoms with van der Waals surface area (Å²) in [5.74, 6) is 0. The van der Waals surface area contributed by atoms with Gasteiger partial charge < -0.3 is 13.7 Å². The zero-order chi connectivity index (χ0) is 33.2. The summed E-state index contributed by atoms with van der Waals surface area (Å²) in [7, 11) is 0. The van der Waals surface area contributed by atoms with Crippen molar-refractivity contribution in [2.45, 2.75) is 6.92 Å². The third-order valence-electron chi connectivity index (χ3n) is 9.91. The number of aryl methyl sites for hydroxylation is 1. The lowest BCUT2D eigenvalue weighted by molar-refractivity contribution is 0.670. The number of rotatable bonds is 5. The molecule has 0 atom stereocenters. The van der Waals surface area contributed by atoms with E-state index in [1.807, 2.05) is 12.1 Å². The van der Waals surface area contributed by atoms with E-state index in [0.29, 0.717) is 0 Å². The van der Waals surface area contributed by atoms with E-state index >= 15 is 0 Å². The molecule has 0 saturated carbocycles. The van der Waals surface area contributed by atoms with E-state index in [-0.39, 0.29) is 0 Å². The first-order valence-corrected chi connectivity index (χ1v) is 17.0. The summed E-state index contributed by atoms with van der Waals surface area (Å²) in [6, 6.07) is 60.1. The number of hydrogen-bond acceptors (Lipinski definition) is 3. The lowest BCUT2D eigenvalue weighted by Gasteiger charge is -2.26. The van der Waals surface area contributed by atoms with Crippen molar-refractivity contribution in [2.75, 3.05) is 4.90 Å². The van der Waals surface area contributed by atoms with Gasteiger partial charge in [-0.1, -0.05) is 127 Å². The Bertz CT molecular complexity index is 2880. The van der Waals surface area contributed by atoms with Crippen LogP contribution in [-0.2, 0) is 0 Å². The molecule has 10 aromatic rings. The molecule has 0 unspecified atom stereocenters. The zero-order valence-corrected chi connectivity index (χ0v) is 27.4. The Morgan fingerprint density at radius 3 is 1.98 bits per heavy atom. The fraction of sp³-hybridized carbons (Fsp3) is 0.0213. The molecular weight excluding hydrogens is 611 g/mol. The molecule has 8 aromatic carbocycles. The summed E-state index contributed by atoms with van der Waals surface area (Å²) in [6.07, 6.45) is 0. The van der Waals surface area contributed by atoms with E-state index < -0.39 is 0 Å². The summed E-state index contributed by atoms with van der Waals surface area (Å²) < 4.78 is 13.3. The molecule has 0 N–H and O–H groups in total. The molecule has 10 rings (SSSR count). The van der Waals surface area contributed by atoms with Crippen LogP contribution >= 0.6 is 0 Å². The van der Waals surface area contributed by atoms with Crippen molar-refractivity contribution in [3.05, 3.63) is 175 Å². The Morgan fingerprint density at radius 1 is 0.400 bits per heavy atom. The van der Waals surface area contributed by atoms with Crippen molar-refractivity contribution in [3.8, 4) is 22.3 Å². The van der Waals surface area contributed by atoms with Gasteiger partial charge in [-0.05, 0) is 77.5 Å². The molecule has 0 radical (unpaired) electrons. The normalized spacial score (nSPS) is 11.7. The molecule has 0 spiro atoms. The van der Waals surface area contributed by atoms with Gasteiger partial charge in [0.05, 0.1) is 5.69 Å². The van der Waals surface area contributed by atoms with Crippen molar-refractivity contribution in [2.24, 2.45) is 0 Å². The third kappa shape index (κ3) is 4.52. The second-order valence-corrected chi connectivity index (χ2v) is 13.0. The van der Waals surface area contributed by atoms with Gasteiger partial charge in [0.15, 0.2) is 5.58 Å². The molecule has 236 valence electrons. The standard InChI is InChI=1S/C47H31NO2/c1-30-20-21-33-24-27-41-40-17-9-18-43(47(40)50-46(41)42(33)28-30)48(36-13-7-12-34(29-36)31-10-3-2-4-11-31)35-25-22-32(23-26-35)37-15-8-16-39-38-14-5-6-19-44(38)49-45(37)39/h2-29H,1H3. The van der Waals surface area contributed by atoms with Crippen molar-refractivity contribution < 1.29 is 8.83 Å². The smallest absolute Gasteiger partial charge is 0.159 e. The Labute approximate surface area is 289 Å². The number of furan rings is 2. The summed E-state index contributed by atoms with van der Waals surface area (Å²) in [4.78, 5) is 2.32. The maximum Gasteiger partial charge on any atom is 0.159 e. The summed E-state index contributed by atoms with van der Waals surface area (Å²) in [5, 5.41) is 6.77. The van der Waals surface area contributed by atoms with Crippen LogP contribution in [-0.4, -0.2) is 0 Å². The van der Waals surface area contributed by atoms with Crippen molar-refractivity contribution >= 4 is 71.7 Å². The Morgan fingerprint density at radius 2 is 1.10 bits per heavy atom. The van der Waals surface area contributed by atoms with Gasteiger partial charge >= 0.3 is 0 Å². The fourth-order valence-electron chi connectivity index (χ4n) is 7.50. The number of benzene rings is 8. The predicted octanol–water partition coefficient (Wildman–Crippen LogP) is 13.8. The first-order valence-electron chi connectivity index (χ1n) is 17.0. The van der Waals surface area contributed by atoms with Gasteiger partial charge in [-0.2, -0.15) is 0 Å². The predicted molar refractivity (Wildman–Crippen MR) is 209 cm³/mol. The van der Waals surface area contributed by atoms with Gasteiger partial charge in [-0.3, -0.25) is 0 Å². The van der Waals surface area contributed by atoms with Crippen LogP contribution in [0.1, 0.15) is 5.56 Å². The molecule has 0 fully saturated rings. The minimum atomic E-state index is 0.859. The van der Waals surface area contributed by atoms with Gasteiger partial charge in [-0.15, -0.1) is 0 Å². The van der Waals surface area contributed by atoms with Crippen LogP contribution in [0.15, 0.2) is 179 Å². The van der Waals surface area contributed by atoms with Crippen LogP contribution in [0, 0.1) is 6.92 Å². The molecule has 0 saturated heterocycles. The quantitative estimate of drug-likeness (QED) is 0.187. The highest BCUT2D eigenvalue weighted by molar-refractivity contribution is 6.17. The third-order valence-corrected chi connectivity index (χ3v) is 9.91. The highest BCUT2D eigenvalue weighted by atomic mass is 16.3. The Hall–Kier alpha value is -6.58. The lowest BCUT2D eigenvalue weighted by Crippen LogP contribution is -2.10. The van der Waals surface area contributed by atoms with Gasteiger partial charge in [0, 0.05) is 43.9 Å². The van der Waals surface area contributed by atoms with Gasteiger partial charge in [0.1, 0.15) is 16.7 Å². The zero-order valence-electron chi connectivity index (χ0n) is 27.4. The van der Waals surface area contributed by atoms with Crippen LogP contribution in [0.5, 0.6) is 0 Å². The highest BCUT2D eigenvalue weighted by Crippen LogP contribution is 2.45. The summed E-state index contributed by atoms with van der Waals surface area (Å²) in [5.41, 5.74) is 12.4. The van der Waals surface area contributed by atoms with Crippen LogP contribution in [0.4, 0.5) is 17.1 Å². The van der Waals surface area contributed by atoms with E-state index in [1.54, 1.807) is 0 Å². The van der Waals surface area contributed by atoms with Crippen molar-refractivity contribution in [1.82, 2.24) is 0 Å². The van der Waals surface area contributed by atoms with Gasteiger partial charge in [0.25, 0.3) is 0 Å². The molecule has 50 heavy (non-hydrogen) atoms. The average molecular weight is 642 g/mol. The first-order chi connectivity index (χ1) is 24.7. The topological polar surface area (TPSA) is 29.5 Å². The average Bonchev–Trinajstić information content (AvgIpc) is 3.75. The maximum atomic E-state index is 6.91. The van der Waals surface area contributed by atoms with Crippen molar-refractivity contribution in [1.29, 1.82) is 0 Å². The highest BCUT2D eigenvalue weighted by Gasteiger charge is 2.21. The van der Waals surface area contributed by atoms with E-state index in [4.69, 9.17) is 8.83 Å². The molecule has 2 heterocycles. The number of fused-ring (bicyclic) bond motifs is 8. The summed E-state index contributed by atoms with van der Waals surface area (Å²) in [6.45, 7) is 2.13. The van der Waals surface area contributed by atoms with E-state index in [1.165, 1.54) is 16.5 Å². The monoisotopic (exact) mass is 641 g/mol. The molecule has 0 aliphatic rings. The lowest BCUT2D eigenvalue weighted by atomic mass is 10.0. The van der Waals surface area contributed by atoms with Gasteiger partial charge in [-0.25, -0.2) is 0 Å². The molecule has 0 aliphatic heterocycles. The number of nitrogens with zero attached hydrogens (tertiary/aromatic N) is 1. The number of hydrogen-bond donors (Lipinski definition) is 0. The molecule has 3 heteroatoms. The largest absolute Gasteiger partial charge is 0.455 e. The SMILES string of the molecule is Cc1ccc2ccc3c4cccc(N(c5ccc(-c6cccc7c6oc6ccccc67)cc5)c5cccc(-c6ccccc6)c5)c4oc3c2c1. The minimum Gasteiger partial charge on any atom is -0.455 e. The van der Waals surface area contributed by atoms with Crippen LogP contribution in [0.2, 0.25) is 0 Å². The molecule has 3 nitrogen and oxygen atoms in total. The van der Waals surface area contributed by atoms with Gasteiger partial charge in [0.2, 0.25) is 0 Å². The van der Waals surface area contributed by atoms with Crippen LogP contribution in [0.25, 0.3) is 76.9 Å². The van der Waals surface area contributed by atoms with Crippen LogP contribution in [0.3, 0.4) is 0 Å². The molecule has 0 bridgehead atoms. The number of para-hydroxylation sites is 3. The van der Waals surface area contributed by atoms with Crippen LogP contribution < -0.4 is 4.90 Å². The van der Waals surface area contributed by atoms with E-state index in [9.17, 15) is 0 Å². The minimum absolute atomic E-state index is 0.859. The summed E-state index contributed by atoms with van der Waals surface area (Å²) >= 11 is 0. The van der Waals surface area contributed by atoms with E-state index in [2.05, 4.69) is 170 Å². The second-order valence-electron chi connectivity index (χ2n) is 13.0. The number of anilines is 3. The molecule has 0 amide bonds. The Balaban J connectivity index is 1.17. The first kappa shape index (κ1) is 28.4. The molecule has 0 aliphatic carbocycles. The van der Waals surface area contributed by atoms with Crippen molar-refractivity contribution in [3.63, 3.8) is 0 Å².